The molecule has 2 aliphatic rings. The van der Waals surface area contributed by atoms with Crippen molar-refractivity contribution in [2.75, 3.05) is 0 Å². The van der Waals surface area contributed by atoms with E-state index in [1.165, 1.54) is 5.56 Å². The molecule has 0 radical (unpaired) electrons. The summed E-state index contributed by atoms with van der Waals surface area (Å²) in [7, 11) is -1.82. The molecule has 1 aliphatic carbocycles. The van der Waals surface area contributed by atoms with Crippen LogP contribution in [0, 0.1) is 0 Å². The van der Waals surface area contributed by atoms with E-state index >= 15 is 0 Å². The highest BCUT2D eigenvalue weighted by atomic mass is 28.4. The second kappa shape index (κ2) is 5.44. The number of aliphatic hydroxyl groups excluding tert-OH is 1. The predicted octanol–water partition coefficient (Wildman–Crippen LogP) is 3.69. The third-order valence-corrected chi connectivity index (χ3v) is 10.1. The van der Waals surface area contributed by atoms with E-state index in [1.54, 1.807) is 0 Å². The summed E-state index contributed by atoms with van der Waals surface area (Å²) in [6.45, 7) is 11.4. The van der Waals surface area contributed by atoms with E-state index in [0.717, 1.165) is 6.42 Å². The predicted molar refractivity (Wildman–Crippen MR) is 90.5 cm³/mol. The zero-order chi connectivity index (χ0) is 16.1. The highest BCUT2D eigenvalue weighted by Gasteiger charge is 2.58. The van der Waals surface area contributed by atoms with Crippen molar-refractivity contribution in [3.05, 3.63) is 35.9 Å². The van der Waals surface area contributed by atoms with Crippen molar-refractivity contribution in [1.82, 2.24) is 0 Å². The van der Waals surface area contributed by atoms with Crippen molar-refractivity contribution in [3.63, 3.8) is 0 Å². The van der Waals surface area contributed by atoms with E-state index in [0.29, 0.717) is 0 Å². The number of fused-ring (bicyclic) bond motifs is 1. The molecule has 0 amide bonds. The Bertz CT molecular complexity index is 523. The van der Waals surface area contributed by atoms with E-state index in [-0.39, 0.29) is 29.3 Å². The molecule has 1 aliphatic heterocycles. The van der Waals surface area contributed by atoms with Gasteiger partial charge in [0.2, 0.25) is 0 Å². The molecule has 0 unspecified atom stereocenters. The molecule has 1 aromatic rings. The molecule has 22 heavy (non-hydrogen) atoms. The third kappa shape index (κ3) is 2.89. The maximum Gasteiger partial charge on any atom is 0.192 e. The van der Waals surface area contributed by atoms with Crippen LogP contribution in [0.2, 0.25) is 18.1 Å². The lowest BCUT2D eigenvalue weighted by molar-refractivity contribution is 0.0652. The van der Waals surface area contributed by atoms with Gasteiger partial charge in [0.05, 0.1) is 12.2 Å². The summed E-state index contributed by atoms with van der Waals surface area (Å²) in [6.07, 6.45) is 0.586. The van der Waals surface area contributed by atoms with Gasteiger partial charge >= 0.3 is 0 Å². The van der Waals surface area contributed by atoms with Gasteiger partial charge in [0.25, 0.3) is 0 Å². The largest absolute Gasteiger partial charge is 0.411 e. The van der Waals surface area contributed by atoms with Crippen LogP contribution in [0.4, 0.5) is 0 Å². The lowest BCUT2D eigenvalue weighted by Gasteiger charge is -2.41. The van der Waals surface area contributed by atoms with Gasteiger partial charge in [-0.05, 0) is 30.1 Å². The number of hydrogen-bond acceptors (Lipinski definition) is 3. The van der Waals surface area contributed by atoms with Crippen LogP contribution in [0.1, 0.15) is 38.7 Å². The van der Waals surface area contributed by atoms with E-state index in [2.05, 4.69) is 46.0 Å². The molecule has 2 fully saturated rings. The first-order chi connectivity index (χ1) is 10.2. The van der Waals surface area contributed by atoms with E-state index in [4.69, 9.17) is 9.16 Å². The Hall–Kier alpha value is -0.683. The van der Waals surface area contributed by atoms with E-state index in [9.17, 15) is 5.11 Å². The minimum Gasteiger partial charge on any atom is -0.411 e. The molecule has 1 aromatic carbocycles. The first-order valence-corrected chi connectivity index (χ1v) is 11.2. The van der Waals surface area contributed by atoms with Gasteiger partial charge in [0.15, 0.2) is 8.32 Å². The van der Waals surface area contributed by atoms with Gasteiger partial charge in [-0.1, -0.05) is 51.1 Å². The molecule has 3 nitrogen and oxygen atoms in total. The van der Waals surface area contributed by atoms with Crippen LogP contribution in [0.5, 0.6) is 0 Å². The maximum absolute atomic E-state index is 10.5. The topological polar surface area (TPSA) is 42.0 Å². The van der Waals surface area contributed by atoms with Crippen LogP contribution in [0.3, 0.4) is 0 Å². The van der Waals surface area contributed by atoms with Gasteiger partial charge in [-0.2, -0.15) is 0 Å². The molecule has 1 saturated heterocycles. The van der Waals surface area contributed by atoms with Gasteiger partial charge < -0.3 is 14.3 Å². The van der Waals surface area contributed by atoms with Gasteiger partial charge in [-0.25, -0.2) is 0 Å². The van der Waals surface area contributed by atoms with Crippen LogP contribution >= 0.6 is 0 Å². The number of rotatable bonds is 3. The van der Waals surface area contributed by atoms with E-state index < -0.39 is 14.4 Å². The summed E-state index contributed by atoms with van der Waals surface area (Å²) in [6, 6.07) is 10.3. The molecule has 1 heterocycles. The standard InChI is InChI=1S/C18H28O3Si/c1-18(2,3)22(4,5)21-14-11-13(12-9-7-6-8-10-12)15(19)17-16(14)20-17/h6-10,13-17,19H,11H2,1-5H3/t13-,14-,15-,16+,17-/m1/s1. The van der Waals surface area contributed by atoms with Gasteiger partial charge in [-0.3, -0.25) is 0 Å². The molecule has 5 atom stereocenters. The average molecular weight is 321 g/mol. The molecule has 1 saturated carbocycles. The molecular formula is C18H28O3Si. The van der Waals surface area contributed by atoms with Crippen LogP contribution in [0.15, 0.2) is 30.3 Å². The molecule has 0 spiro atoms. The summed E-state index contributed by atoms with van der Waals surface area (Å²) in [5, 5.41) is 10.7. The number of ether oxygens (including phenoxy) is 1. The summed E-state index contributed by atoms with van der Waals surface area (Å²) in [4.78, 5) is 0. The molecule has 4 heteroatoms. The Balaban J connectivity index is 1.78. The Morgan fingerprint density at radius 3 is 2.36 bits per heavy atom. The van der Waals surface area contributed by atoms with Crippen LogP contribution in [-0.4, -0.2) is 37.8 Å². The van der Waals surface area contributed by atoms with Gasteiger partial charge in [-0.15, -0.1) is 0 Å². The van der Waals surface area contributed by atoms with Crippen molar-refractivity contribution in [2.45, 2.75) is 75.7 Å². The fraction of sp³-hybridized carbons (Fsp3) is 0.667. The zero-order valence-corrected chi connectivity index (χ0v) is 15.2. The van der Waals surface area contributed by atoms with Crippen molar-refractivity contribution in [3.8, 4) is 0 Å². The SMILES string of the molecule is CC(C)(C)[Si](C)(C)O[C@@H]1C[C@H](c2ccccc2)[C@@H](O)[C@H]2O[C@H]21. The summed E-state index contributed by atoms with van der Waals surface area (Å²) in [5.41, 5.74) is 1.19. The van der Waals surface area contributed by atoms with Crippen molar-refractivity contribution >= 4 is 8.32 Å². The smallest absolute Gasteiger partial charge is 0.192 e. The highest BCUT2D eigenvalue weighted by molar-refractivity contribution is 6.74. The Labute approximate surface area is 134 Å². The number of aliphatic hydroxyl groups is 1. The first-order valence-electron chi connectivity index (χ1n) is 8.27. The Morgan fingerprint density at radius 1 is 1.14 bits per heavy atom. The van der Waals surface area contributed by atoms with Crippen molar-refractivity contribution in [1.29, 1.82) is 0 Å². The van der Waals surface area contributed by atoms with Gasteiger partial charge in [0, 0.05) is 5.92 Å². The summed E-state index contributed by atoms with van der Waals surface area (Å²) in [5.74, 6) is 0.111. The van der Waals surface area contributed by atoms with Crippen LogP contribution in [-0.2, 0) is 9.16 Å². The second-order valence-electron chi connectivity index (χ2n) is 8.23. The molecule has 3 rings (SSSR count). The molecule has 122 valence electrons. The molecule has 1 N–H and O–H groups in total. The second-order valence-corrected chi connectivity index (χ2v) is 13.0. The monoisotopic (exact) mass is 320 g/mol. The van der Waals surface area contributed by atoms with Gasteiger partial charge in [0.1, 0.15) is 12.2 Å². The maximum atomic E-state index is 10.5. The van der Waals surface area contributed by atoms with E-state index in [1.807, 2.05) is 18.2 Å². The fourth-order valence-electron chi connectivity index (χ4n) is 3.17. The molecule has 0 aromatic heterocycles. The lowest BCUT2D eigenvalue weighted by atomic mass is 9.80. The quantitative estimate of drug-likeness (QED) is 0.682. The number of epoxide rings is 1. The summed E-state index contributed by atoms with van der Waals surface area (Å²) < 4.78 is 12.4. The third-order valence-electron chi connectivity index (χ3n) is 5.64. The Kier molecular flexibility index (Phi) is 4.00. The Morgan fingerprint density at radius 2 is 1.77 bits per heavy atom. The molecular weight excluding hydrogens is 292 g/mol. The number of benzene rings is 1. The first kappa shape index (κ1) is 16.2. The fourth-order valence-corrected chi connectivity index (χ4v) is 4.51. The highest BCUT2D eigenvalue weighted by Crippen LogP contribution is 2.48. The average Bonchev–Trinajstić information content (AvgIpc) is 3.22. The normalized spacial score (nSPS) is 35.1. The number of hydrogen-bond donors (Lipinski definition) is 1. The zero-order valence-electron chi connectivity index (χ0n) is 14.2. The van der Waals surface area contributed by atoms with Crippen LogP contribution < -0.4 is 0 Å². The minimum atomic E-state index is -1.82. The lowest BCUT2D eigenvalue weighted by Crippen LogP contribution is -2.48. The minimum absolute atomic E-state index is 0.0475. The summed E-state index contributed by atoms with van der Waals surface area (Å²) >= 11 is 0. The van der Waals surface area contributed by atoms with Crippen molar-refractivity contribution in [2.24, 2.45) is 0 Å². The van der Waals surface area contributed by atoms with Crippen molar-refractivity contribution < 1.29 is 14.3 Å². The molecule has 0 bridgehead atoms. The van der Waals surface area contributed by atoms with Crippen LogP contribution in [0.25, 0.3) is 0 Å².